The summed E-state index contributed by atoms with van der Waals surface area (Å²) >= 11 is 0. The number of rotatable bonds is 4. The molecule has 1 amide bonds. The van der Waals surface area contributed by atoms with E-state index >= 15 is 0 Å². The van der Waals surface area contributed by atoms with E-state index in [-0.39, 0.29) is 17.3 Å². The molecule has 2 aliphatic rings. The molecule has 0 aliphatic carbocycles. The smallest absolute Gasteiger partial charge is 0.381 e. The minimum absolute atomic E-state index is 0.00949. The topological polar surface area (TPSA) is 67.4 Å². The molecule has 2 aliphatic heterocycles. The van der Waals surface area contributed by atoms with Crippen molar-refractivity contribution < 1.29 is 27.1 Å². The van der Waals surface area contributed by atoms with Gasteiger partial charge in [0.05, 0.1) is 11.1 Å². The van der Waals surface area contributed by atoms with Crippen LogP contribution in [0.2, 0.25) is 0 Å². The van der Waals surface area contributed by atoms with Gasteiger partial charge >= 0.3 is 6.18 Å². The maximum absolute atomic E-state index is 13.9. The Kier molecular flexibility index (Phi) is 5.83. The zero-order valence-corrected chi connectivity index (χ0v) is 16.7. The Morgan fingerprint density at radius 3 is 2.55 bits per heavy atom. The van der Waals surface area contributed by atoms with E-state index in [1.165, 1.54) is 12.4 Å². The Labute approximate surface area is 176 Å². The number of likely N-dealkylation sites (tertiary alicyclic amines) is 1. The number of carbonyl (C=O) groups excluding carboxylic acids is 1. The average Bonchev–Trinajstić information content (AvgIpc) is 3.15. The molecule has 2 aromatic rings. The summed E-state index contributed by atoms with van der Waals surface area (Å²) in [6.07, 6.45) is 0.802. The van der Waals surface area contributed by atoms with Gasteiger partial charge in [-0.1, -0.05) is 6.07 Å². The maximum Gasteiger partial charge on any atom is 0.416 e. The molecule has 0 atom stereocenters. The van der Waals surface area contributed by atoms with Crippen molar-refractivity contribution in [2.24, 2.45) is 5.41 Å². The highest BCUT2D eigenvalue weighted by Crippen LogP contribution is 2.40. The molecule has 166 valence electrons. The fourth-order valence-electron chi connectivity index (χ4n) is 4.20. The lowest BCUT2D eigenvalue weighted by Gasteiger charge is -2.33. The quantitative estimate of drug-likeness (QED) is 0.734. The lowest BCUT2D eigenvalue weighted by atomic mass is 9.80. The molecule has 2 saturated heterocycles. The molecule has 6 nitrogen and oxygen atoms in total. The molecule has 1 N–H and O–H groups in total. The van der Waals surface area contributed by atoms with Gasteiger partial charge in [-0.2, -0.15) is 13.2 Å². The van der Waals surface area contributed by atoms with Crippen molar-refractivity contribution in [2.75, 3.05) is 31.6 Å². The van der Waals surface area contributed by atoms with Gasteiger partial charge < -0.3 is 15.0 Å². The van der Waals surface area contributed by atoms with E-state index in [4.69, 9.17) is 4.74 Å². The number of carbonyl (C=O) groups is 1. The van der Waals surface area contributed by atoms with Crippen LogP contribution in [0.5, 0.6) is 0 Å². The third-order valence-electron chi connectivity index (χ3n) is 6.03. The summed E-state index contributed by atoms with van der Waals surface area (Å²) in [5.41, 5.74) is -1.15. The van der Waals surface area contributed by atoms with Gasteiger partial charge in [-0.25, -0.2) is 14.4 Å². The van der Waals surface area contributed by atoms with E-state index in [0.717, 1.165) is 37.5 Å². The highest BCUT2D eigenvalue weighted by Gasteiger charge is 2.41. The van der Waals surface area contributed by atoms with Crippen molar-refractivity contribution in [2.45, 2.75) is 32.0 Å². The van der Waals surface area contributed by atoms with Crippen LogP contribution in [0.4, 0.5) is 23.5 Å². The first-order valence-corrected chi connectivity index (χ1v) is 10.0. The van der Waals surface area contributed by atoms with Crippen molar-refractivity contribution in [1.82, 2.24) is 14.9 Å². The van der Waals surface area contributed by atoms with E-state index in [2.05, 4.69) is 15.3 Å². The summed E-state index contributed by atoms with van der Waals surface area (Å²) in [6.45, 7) is 2.31. The summed E-state index contributed by atoms with van der Waals surface area (Å²) in [4.78, 5) is 22.6. The number of hydrogen-bond acceptors (Lipinski definition) is 5. The lowest BCUT2D eigenvalue weighted by molar-refractivity contribution is -0.138. The fraction of sp³-hybridized carbons (Fsp3) is 0.476. The van der Waals surface area contributed by atoms with Crippen LogP contribution in [0.3, 0.4) is 0 Å². The number of benzene rings is 1. The van der Waals surface area contributed by atoms with Crippen molar-refractivity contribution in [3.05, 3.63) is 53.1 Å². The third kappa shape index (κ3) is 4.63. The summed E-state index contributed by atoms with van der Waals surface area (Å²) < 4.78 is 58.7. The molecule has 2 fully saturated rings. The van der Waals surface area contributed by atoms with Gasteiger partial charge in [-0.05, 0) is 36.8 Å². The summed E-state index contributed by atoms with van der Waals surface area (Å²) in [5.74, 6) is -1.14. The van der Waals surface area contributed by atoms with Crippen LogP contribution in [0.25, 0.3) is 0 Å². The molecule has 1 aromatic carbocycles. The number of alkyl halides is 3. The predicted molar refractivity (Wildman–Crippen MR) is 104 cm³/mol. The normalized spacial score (nSPS) is 18.4. The molecule has 10 heteroatoms. The fourth-order valence-corrected chi connectivity index (χ4v) is 4.20. The Morgan fingerprint density at radius 1 is 1.16 bits per heavy atom. The molecule has 0 bridgehead atoms. The Hall–Kier alpha value is -2.75. The molecule has 0 radical (unpaired) electrons. The average molecular weight is 438 g/mol. The maximum atomic E-state index is 13.9. The third-order valence-corrected chi connectivity index (χ3v) is 6.03. The minimum atomic E-state index is -4.67. The van der Waals surface area contributed by atoms with E-state index in [9.17, 15) is 22.4 Å². The number of anilines is 1. The first-order valence-electron chi connectivity index (χ1n) is 10.0. The molecule has 1 aromatic heterocycles. The van der Waals surface area contributed by atoms with Crippen LogP contribution in [0.15, 0.2) is 30.6 Å². The highest BCUT2D eigenvalue weighted by atomic mass is 19.4. The Morgan fingerprint density at radius 2 is 1.87 bits per heavy atom. The van der Waals surface area contributed by atoms with Crippen LogP contribution < -0.4 is 5.32 Å². The summed E-state index contributed by atoms with van der Waals surface area (Å²) in [6, 6.07) is 2.81. The molecule has 1 spiro atoms. The summed E-state index contributed by atoms with van der Waals surface area (Å²) in [7, 11) is 0. The first-order chi connectivity index (χ1) is 14.8. The Bertz CT molecular complexity index is 943. The summed E-state index contributed by atoms with van der Waals surface area (Å²) in [5, 5.41) is 2.60. The van der Waals surface area contributed by atoms with Crippen LogP contribution in [0, 0.1) is 11.2 Å². The zero-order chi connectivity index (χ0) is 22.1. The highest BCUT2D eigenvalue weighted by molar-refractivity contribution is 5.94. The van der Waals surface area contributed by atoms with Gasteiger partial charge in [0.15, 0.2) is 0 Å². The van der Waals surface area contributed by atoms with Crippen LogP contribution in [0.1, 0.15) is 40.7 Å². The van der Waals surface area contributed by atoms with Gasteiger partial charge in [-0.3, -0.25) is 4.79 Å². The molecule has 31 heavy (non-hydrogen) atoms. The number of nitrogens with zero attached hydrogens (tertiary/aromatic N) is 3. The zero-order valence-electron chi connectivity index (χ0n) is 16.7. The molecule has 3 heterocycles. The van der Waals surface area contributed by atoms with E-state index in [0.29, 0.717) is 31.9 Å². The van der Waals surface area contributed by atoms with Gasteiger partial charge in [0.1, 0.15) is 5.82 Å². The SMILES string of the molecule is O=C(c1cnc(NCc2c(F)cccc2C(F)(F)F)nc1)N1CCC2(CCOCC2)C1. The second-order valence-electron chi connectivity index (χ2n) is 8.00. The van der Waals surface area contributed by atoms with Gasteiger partial charge in [0.25, 0.3) is 5.91 Å². The van der Waals surface area contributed by atoms with Gasteiger partial charge in [0.2, 0.25) is 5.95 Å². The van der Waals surface area contributed by atoms with E-state index in [1.54, 1.807) is 4.90 Å². The van der Waals surface area contributed by atoms with Crippen molar-refractivity contribution >= 4 is 11.9 Å². The molecule has 4 rings (SSSR count). The molecular weight excluding hydrogens is 416 g/mol. The van der Waals surface area contributed by atoms with Crippen LogP contribution in [-0.4, -0.2) is 47.1 Å². The number of ether oxygens (including phenoxy) is 1. The second kappa shape index (κ2) is 8.41. The van der Waals surface area contributed by atoms with Crippen LogP contribution in [-0.2, 0) is 17.5 Å². The second-order valence-corrected chi connectivity index (χ2v) is 8.00. The van der Waals surface area contributed by atoms with Gasteiger partial charge in [-0.15, -0.1) is 0 Å². The Balaban J connectivity index is 1.40. The largest absolute Gasteiger partial charge is 0.416 e. The van der Waals surface area contributed by atoms with Crippen molar-refractivity contribution in [3.63, 3.8) is 0 Å². The molecular formula is C21H22F4N4O2. The van der Waals surface area contributed by atoms with E-state index in [1.807, 2.05) is 0 Å². The van der Waals surface area contributed by atoms with Crippen LogP contribution >= 0.6 is 0 Å². The number of halogens is 4. The number of hydrogen-bond donors (Lipinski definition) is 1. The predicted octanol–water partition coefficient (Wildman–Crippen LogP) is 3.89. The molecule has 0 unspecified atom stereocenters. The van der Waals surface area contributed by atoms with Gasteiger partial charge in [0, 0.05) is 50.8 Å². The lowest BCUT2D eigenvalue weighted by Crippen LogP contribution is -2.35. The van der Waals surface area contributed by atoms with E-state index < -0.39 is 29.7 Å². The monoisotopic (exact) mass is 438 g/mol. The van der Waals surface area contributed by atoms with Crippen molar-refractivity contribution in [1.29, 1.82) is 0 Å². The minimum Gasteiger partial charge on any atom is -0.381 e. The van der Waals surface area contributed by atoms with Crippen molar-refractivity contribution in [3.8, 4) is 0 Å². The standard InChI is InChI=1S/C21H22F4N4O2/c22-17-3-1-2-16(21(23,24)25)15(17)12-28-19-26-10-14(11-27-19)18(30)29-7-4-20(13-29)5-8-31-9-6-20/h1-3,10-11H,4-9,12-13H2,(H,26,27,28). The number of amides is 1. The molecule has 0 saturated carbocycles. The number of nitrogens with one attached hydrogen (secondary N) is 1. The first kappa shape index (κ1) is 21.5. The number of aromatic nitrogens is 2.